The Bertz CT molecular complexity index is 177. The molecule has 0 radical (unpaired) electrons. The standard InChI is InChI=1S/C11H21NO/c1-9-5-4-6-10(7-9)11(13)8-12(2)3/h9-10H,4-8H2,1-3H3. The van der Waals surface area contributed by atoms with Crippen molar-refractivity contribution in [2.45, 2.75) is 32.6 Å². The van der Waals surface area contributed by atoms with Crippen molar-refractivity contribution in [3.63, 3.8) is 0 Å². The van der Waals surface area contributed by atoms with E-state index in [9.17, 15) is 4.79 Å². The predicted octanol–water partition coefficient (Wildman–Crippen LogP) is 1.94. The molecule has 2 nitrogen and oxygen atoms in total. The Balaban J connectivity index is 2.37. The van der Waals surface area contributed by atoms with Crippen LogP contribution in [-0.2, 0) is 4.79 Å². The van der Waals surface area contributed by atoms with Crippen LogP contribution in [0.2, 0.25) is 0 Å². The Morgan fingerprint density at radius 1 is 1.38 bits per heavy atom. The molecule has 0 spiro atoms. The molecule has 2 heteroatoms. The minimum Gasteiger partial charge on any atom is -0.302 e. The van der Waals surface area contributed by atoms with Crippen molar-refractivity contribution < 1.29 is 4.79 Å². The van der Waals surface area contributed by atoms with Gasteiger partial charge in [0.05, 0.1) is 6.54 Å². The number of rotatable bonds is 3. The van der Waals surface area contributed by atoms with Crippen LogP contribution >= 0.6 is 0 Å². The number of hydrogen-bond donors (Lipinski definition) is 0. The summed E-state index contributed by atoms with van der Waals surface area (Å²) < 4.78 is 0. The molecule has 0 saturated heterocycles. The highest BCUT2D eigenvalue weighted by molar-refractivity contribution is 5.82. The lowest BCUT2D eigenvalue weighted by Crippen LogP contribution is -2.30. The highest BCUT2D eigenvalue weighted by Crippen LogP contribution is 2.29. The lowest BCUT2D eigenvalue weighted by Gasteiger charge is -2.26. The highest BCUT2D eigenvalue weighted by atomic mass is 16.1. The molecule has 0 aromatic rings. The van der Waals surface area contributed by atoms with Gasteiger partial charge in [0.2, 0.25) is 0 Å². The first-order valence-electron chi connectivity index (χ1n) is 5.27. The lowest BCUT2D eigenvalue weighted by molar-refractivity contribution is -0.124. The fraction of sp³-hybridized carbons (Fsp3) is 0.909. The third-order valence-electron chi connectivity index (χ3n) is 2.86. The van der Waals surface area contributed by atoms with Crippen molar-refractivity contribution in [1.29, 1.82) is 0 Å². The number of carbonyl (C=O) groups is 1. The van der Waals surface area contributed by atoms with Crippen LogP contribution in [0.15, 0.2) is 0 Å². The van der Waals surface area contributed by atoms with Crippen LogP contribution in [0.4, 0.5) is 0 Å². The van der Waals surface area contributed by atoms with E-state index < -0.39 is 0 Å². The zero-order valence-electron chi connectivity index (χ0n) is 9.05. The molecular formula is C11H21NO. The van der Waals surface area contributed by atoms with Crippen molar-refractivity contribution in [1.82, 2.24) is 4.90 Å². The molecule has 1 aliphatic rings. The molecule has 13 heavy (non-hydrogen) atoms. The van der Waals surface area contributed by atoms with Gasteiger partial charge in [0.15, 0.2) is 0 Å². The number of likely N-dealkylation sites (N-methyl/N-ethyl adjacent to an activating group) is 1. The molecule has 0 bridgehead atoms. The minimum atomic E-state index is 0.353. The molecule has 1 rings (SSSR count). The summed E-state index contributed by atoms with van der Waals surface area (Å²) in [6.07, 6.45) is 4.79. The lowest BCUT2D eigenvalue weighted by atomic mass is 9.80. The maximum atomic E-state index is 11.7. The Morgan fingerprint density at radius 3 is 2.62 bits per heavy atom. The molecule has 2 unspecified atom stereocenters. The molecule has 0 amide bonds. The molecule has 0 N–H and O–H groups in total. The number of carbonyl (C=O) groups excluding carboxylic acids is 1. The van der Waals surface area contributed by atoms with E-state index in [0.29, 0.717) is 18.2 Å². The first-order valence-corrected chi connectivity index (χ1v) is 5.27. The number of hydrogen-bond acceptors (Lipinski definition) is 2. The van der Waals surface area contributed by atoms with Gasteiger partial charge < -0.3 is 4.90 Å². The van der Waals surface area contributed by atoms with Gasteiger partial charge in [-0.05, 0) is 32.9 Å². The summed E-state index contributed by atoms with van der Waals surface area (Å²) in [5.41, 5.74) is 0. The van der Waals surface area contributed by atoms with Crippen molar-refractivity contribution in [2.24, 2.45) is 11.8 Å². The molecule has 0 aromatic carbocycles. The topological polar surface area (TPSA) is 20.3 Å². The Kier molecular flexibility index (Phi) is 3.91. The monoisotopic (exact) mass is 183 g/mol. The first-order chi connectivity index (χ1) is 6.09. The Labute approximate surface area is 81.3 Å². The molecule has 0 heterocycles. The summed E-state index contributed by atoms with van der Waals surface area (Å²) in [5.74, 6) is 1.55. The van der Waals surface area contributed by atoms with Crippen LogP contribution in [-0.4, -0.2) is 31.3 Å². The van der Waals surface area contributed by atoms with E-state index in [1.165, 1.54) is 12.8 Å². The number of ketones is 1. The molecule has 1 aliphatic carbocycles. The van der Waals surface area contributed by atoms with Crippen LogP contribution in [0.1, 0.15) is 32.6 Å². The van der Waals surface area contributed by atoms with Crippen LogP contribution in [0.5, 0.6) is 0 Å². The quantitative estimate of drug-likeness (QED) is 0.666. The van der Waals surface area contributed by atoms with E-state index in [2.05, 4.69) is 6.92 Å². The SMILES string of the molecule is CC1CCCC(C(=O)CN(C)C)C1. The molecule has 1 fully saturated rings. The van der Waals surface area contributed by atoms with Crippen molar-refractivity contribution in [3.8, 4) is 0 Å². The average Bonchev–Trinajstić information content (AvgIpc) is 2.03. The van der Waals surface area contributed by atoms with Gasteiger partial charge in [0.1, 0.15) is 5.78 Å². The normalized spacial score (nSPS) is 29.2. The maximum Gasteiger partial charge on any atom is 0.149 e. The van der Waals surface area contributed by atoms with E-state index >= 15 is 0 Å². The average molecular weight is 183 g/mol. The third-order valence-corrected chi connectivity index (χ3v) is 2.86. The number of nitrogens with zero attached hydrogens (tertiary/aromatic N) is 1. The third kappa shape index (κ3) is 3.47. The maximum absolute atomic E-state index is 11.7. The fourth-order valence-corrected chi connectivity index (χ4v) is 2.17. The second-order valence-corrected chi connectivity index (χ2v) is 4.67. The summed E-state index contributed by atoms with van der Waals surface area (Å²) in [7, 11) is 3.92. The van der Waals surface area contributed by atoms with E-state index in [0.717, 1.165) is 18.8 Å². The summed E-state index contributed by atoms with van der Waals surface area (Å²) >= 11 is 0. The van der Waals surface area contributed by atoms with Gasteiger partial charge in [-0.1, -0.05) is 19.8 Å². The Morgan fingerprint density at radius 2 is 2.08 bits per heavy atom. The minimum absolute atomic E-state index is 0.353. The van der Waals surface area contributed by atoms with Gasteiger partial charge in [-0.2, -0.15) is 0 Å². The summed E-state index contributed by atoms with van der Waals surface area (Å²) in [4.78, 5) is 13.7. The Hall–Kier alpha value is -0.370. The highest BCUT2D eigenvalue weighted by Gasteiger charge is 2.24. The molecule has 0 aliphatic heterocycles. The largest absolute Gasteiger partial charge is 0.302 e. The second-order valence-electron chi connectivity index (χ2n) is 4.67. The van der Waals surface area contributed by atoms with Crippen LogP contribution < -0.4 is 0 Å². The van der Waals surface area contributed by atoms with Crippen LogP contribution in [0, 0.1) is 11.8 Å². The van der Waals surface area contributed by atoms with Gasteiger partial charge in [0.25, 0.3) is 0 Å². The van der Waals surface area contributed by atoms with E-state index in [1.807, 2.05) is 19.0 Å². The molecule has 2 atom stereocenters. The van der Waals surface area contributed by atoms with Crippen LogP contribution in [0.25, 0.3) is 0 Å². The van der Waals surface area contributed by atoms with E-state index in [4.69, 9.17) is 0 Å². The molecular weight excluding hydrogens is 162 g/mol. The zero-order valence-corrected chi connectivity index (χ0v) is 9.05. The second kappa shape index (κ2) is 4.75. The van der Waals surface area contributed by atoms with Gasteiger partial charge in [-0.3, -0.25) is 4.79 Å². The van der Waals surface area contributed by atoms with Crippen molar-refractivity contribution in [2.75, 3.05) is 20.6 Å². The fourth-order valence-electron chi connectivity index (χ4n) is 2.17. The summed E-state index contributed by atoms with van der Waals surface area (Å²) in [5, 5.41) is 0. The smallest absolute Gasteiger partial charge is 0.149 e. The van der Waals surface area contributed by atoms with Gasteiger partial charge in [0, 0.05) is 5.92 Å². The van der Waals surface area contributed by atoms with Crippen molar-refractivity contribution >= 4 is 5.78 Å². The molecule has 76 valence electrons. The van der Waals surface area contributed by atoms with Gasteiger partial charge >= 0.3 is 0 Å². The molecule has 1 saturated carbocycles. The molecule has 0 aromatic heterocycles. The van der Waals surface area contributed by atoms with Crippen molar-refractivity contribution in [3.05, 3.63) is 0 Å². The summed E-state index contributed by atoms with van der Waals surface area (Å²) in [6.45, 7) is 2.88. The summed E-state index contributed by atoms with van der Waals surface area (Å²) in [6, 6.07) is 0. The predicted molar refractivity (Wildman–Crippen MR) is 54.7 cm³/mol. The zero-order chi connectivity index (χ0) is 9.84. The van der Waals surface area contributed by atoms with E-state index in [1.54, 1.807) is 0 Å². The van der Waals surface area contributed by atoms with Crippen LogP contribution in [0.3, 0.4) is 0 Å². The number of Topliss-reactive ketones (excluding diaryl/α,β-unsaturated/α-hetero) is 1. The first kappa shape index (κ1) is 10.7. The van der Waals surface area contributed by atoms with Gasteiger partial charge in [-0.25, -0.2) is 0 Å². The van der Waals surface area contributed by atoms with E-state index in [-0.39, 0.29) is 0 Å². The van der Waals surface area contributed by atoms with Gasteiger partial charge in [-0.15, -0.1) is 0 Å².